The average Bonchev–Trinajstić information content (AvgIpc) is 2.49. The number of aromatic hydroxyl groups is 1. The third kappa shape index (κ3) is 6.11. The summed E-state index contributed by atoms with van der Waals surface area (Å²) in [6.45, 7) is 4.90. The predicted molar refractivity (Wildman–Crippen MR) is 78.0 cm³/mol. The zero-order valence-electron chi connectivity index (χ0n) is 11.8. The number of hydrogen-bond acceptors (Lipinski definition) is 4. The molecular weight excluding hydrogens is 256 g/mol. The maximum absolute atomic E-state index is 9.12. The summed E-state index contributed by atoms with van der Waals surface area (Å²) in [5, 5.41) is 9.12. The van der Waals surface area contributed by atoms with E-state index < -0.39 is 0 Å². The van der Waals surface area contributed by atoms with E-state index in [0.29, 0.717) is 19.0 Å². The topological polar surface area (TPSA) is 47.9 Å². The molecule has 2 aromatic carbocycles. The van der Waals surface area contributed by atoms with Gasteiger partial charge in [0, 0.05) is 0 Å². The van der Waals surface area contributed by atoms with Crippen molar-refractivity contribution in [2.75, 3.05) is 13.2 Å². The van der Waals surface area contributed by atoms with E-state index in [-0.39, 0.29) is 5.75 Å². The molecule has 0 amide bonds. The van der Waals surface area contributed by atoms with E-state index in [4.69, 9.17) is 19.6 Å². The molecular formula is C16H20O4. The second kappa shape index (κ2) is 9.69. The second-order valence-corrected chi connectivity index (χ2v) is 3.70. The molecule has 0 aliphatic heterocycles. The van der Waals surface area contributed by atoms with E-state index >= 15 is 0 Å². The highest BCUT2D eigenvalue weighted by atomic mass is 17.2. The molecule has 0 radical (unpaired) electrons. The summed E-state index contributed by atoms with van der Waals surface area (Å²) in [5.41, 5.74) is 0. The number of ether oxygens (including phenoxy) is 1. The van der Waals surface area contributed by atoms with Crippen LogP contribution in [-0.4, -0.2) is 18.3 Å². The molecule has 0 fully saturated rings. The Hall–Kier alpha value is -2.20. The molecule has 0 saturated carbocycles. The van der Waals surface area contributed by atoms with Gasteiger partial charge in [0.2, 0.25) is 0 Å². The van der Waals surface area contributed by atoms with Crippen LogP contribution in [0.2, 0.25) is 0 Å². The number of benzene rings is 2. The first-order chi connectivity index (χ1) is 9.77. The van der Waals surface area contributed by atoms with E-state index in [2.05, 4.69) is 0 Å². The number of hydrogen-bond donors (Lipinski definition) is 1. The average molecular weight is 276 g/mol. The first-order valence-electron chi connectivity index (χ1n) is 6.53. The Kier molecular flexibility index (Phi) is 7.69. The van der Waals surface area contributed by atoms with Crippen molar-refractivity contribution in [3.8, 4) is 17.2 Å². The lowest BCUT2D eigenvalue weighted by Gasteiger charge is -2.02. The minimum absolute atomic E-state index is 0.198. The Morgan fingerprint density at radius 3 is 2.10 bits per heavy atom. The van der Waals surface area contributed by atoms with Crippen LogP contribution in [-0.2, 0) is 4.89 Å². The highest BCUT2D eigenvalue weighted by Gasteiger charge is 1.96. The van der Waals surface area contributed by atoms with Gasteiger partial charge < -0.3 is 14.7 Å². The molecule has 2 aromatic rings. The number of para-hydroxylation sites is 3. The molecule has 4 nitrogen and oxygen atoms in total. The van der Waals surface area contributed by atoms with Crippen LogP contribution in [0.15, 0.2) is 54.6 Å². The van der Waals surface area contributed by atoms with Crippen LogP contribution < -0.4 is 9.62 Å². The molecule has 2 rings (SSSR count). The normalized spacial score (nSPS) is 9.30. The third-order valence-electron chi connectivity index (χ3n) is 2.18. The van der Waals surface area contributed by atoms with E-state index in [1.54, 1.807) is 18.2 Å². The zero-order chi connectivity index (χ0) is 14.6. The van der Waals surface area contributed by atoms with Gasteiger partial charge in [0.1, 0.15) is 0 Å². The summed E-state index contributed by atoms with van der Waals surface area (Å²) < 4.78 is 5.09. The summed E-state index contributed by atoms with van der Waals surface area (Å²) in [6, 6.07) is 16.3. The van der Waals surface area contributed by atoms with Gasteiger partial charge in [0.05, 0.1) is 13.2 Å². The van der Waals surface area contributed by atoms with Crippen LogP contribution in [0.25, 0.3) is 0 Å². The van der Waals surface area contributed by atoms with Gasteiger partial charge in [-0.15, -0.1) is 0 Å². The van der Waals surface area contributed by atoms with E-state index in [1.165, 1.54) is 0 Å². The zero-order valence-corrected chi connectivity index (χ0v) is 11.8. The summed E-state index contributed by atoms with van der Waals surface area (Å²) >= 11 is 0. The van der Waals surface area contributed by atoms with Crippen molar-refractivity contribution in [1.82, 2.24) is 0 Å². The molecule has 0 unspecified atom stereocenters. The maximum atomic E-state index is 9.12. The summed E-state index contributed by atoms with van der Waals surface area (Å²) in [6.07, 6.45) is 0. The van der Waals surface area contributed by atoms with E-state index in [1.807, 2.05) is 50.2 Å². The standard InChI is InChI=1S/2C8H10O2/c1-2-10-8-6-4-3-5-7(8)9;1-2-9-10-8-6-4-3-5-7-8/h3-6,9H,2H2,1H3;3-7H,2H2,1H3. The fourth-order valence-electron chi connectivity index (χ4n) is 1.34. The quantitative estimate of drug-likeness (QED) is 0.666. The Bertz CT molecular complexity index is 471. The molecule has 0 spiro atoms. The monoisotopic (exact) mass is 276 g/mol. The van der Waals surface area contributed by atoms with Crippen LogP contribution in [0.1, 0.15) is 13.8 Å². The van der Waals surface area contributed by atoms with Gasteiger partial charge in [-0.05, 0) is 38.1 Å². The lowest BCUT2D eigenvalue weighted by molar-refractivity contribution is -0.202. The third-order valence-corrected chi connectivity index (χ3v) is 2.18. The van der Waals surface area contributed by atoms with E-state index in [9.17, 15) is 0 Å². The largest absolute Gasteiger partial charge is 0.504 e. The highest BCUT2D eigenvalue weighted by molar-refractivity contribution is 5.37. The SMILES string of the molecule is CCOOc1ccccc1.CCOc1ccccc1O. The molecule has 0 heterocycles. The highest BCUT2D eigenvalue weighted by Crippen LogP contribution is 2.23. The van der Waals surface area contributed by atoms with Crippen molar-refractivity contribution in [1.29, 1.82) is 0 Å². The lowest BCUT2D eigenvalue weighted by atomic mass is 10.3. The van der Waals surface area contributed by atoms with Crippen LogP contribution in [0, 0.1) is 0 Å². The Balaban J connectivity index is 0.000000200. The smallest absolute Gasteiger partial charge is 0.165 e. The van der Waals surface area contributed by atoms with Crippen molar-refractivity contribution in [2.24, 2.45) is 0 Å². The molecule has 4 heteroatoms. The molecule has 20 heavy (non-hydrogen) atoms. The summed E-state index contributed by atoms with van der Waals surface area (Å²) in [4.78, 5) is 9.57. The van der Waals surface area contributed by atoms with Crippen molar-refractivity contribution >= 4 is 0 Å². The fourth-order valence-corrected chi connectivity index (χ4v) is 1.34. The Morgan fingerprint density at radius 1 is 0.850 bits per heavy atom. The van der Waals surface area contributed by atoms with Gasteiger partial charge in [-0.1, -0.05) is 30.3 Å². The first kappa shape index (κ1) is 15.9. The van der Waals surface area contributed by atoms with Crippen LogP contribution in [0.5, 0.6) is 17.2 Å². The van der Waals surface area contributed by atoms with Crippen LogP contribution >= 0.6 is 0 Å². The van der Waals surface area contributed by atoms with Crippen molar-refractivity contribution < 1.29 is 19.6 Å². The second-order valence-electron chi connectivity index (χ2n) is 3.70. The minimum Gasteiger partial charge on any atom is -0.504 e. The molecule has 1 N–H and O–H groups in total. The van der Waals surface area contributed by atoms with Gasteiger partial charge in [0.15, 0.2) is 17.2 Å². The predicted octanol–water partition coefficient (Wildman–Crippen LogP) is 3.81. The van der Waals surface area contributed by atoms with Crippen LogP contribution in [0.4, 0.5) is 0 Å². The molecule has 0 saturated heterocycles. The Labute approximate surface area is 119 Å². The summed E-state index contributed by atoms with van der Waals surface area (Å²) in [7, 11) is 0. The lowest BCUT2D eigenvalue weighted by Crippen LogP contribution is -1.94. The van der Waals surface area contributed by atoms with Gasteiger partial charge >= 0.3 is 0 Å². The van der Waals surface area contributed by atoms with Crippen LogP contribution in [0.3, 0.4) is 0 Å². The van der Waals surface area contributed by atoms with Crippen molar-refractivity contribution in [2.45, 2.75) is 13.8 Å². The fraction of sp³-hybridized carbons (Fsp3) is 0.250. The maximum Gasteiger partial charge on any atom is 0.165 e. The van der Waals surface area contributed by atoms with E-state index in [0.717, 1.165) is 5.75 Å². The van der Waals surface area contributed by atoms with Gasteiger partial charge in [-0.2, -0.15) is 4.89 Å². The molecule has 0 atom stereocenters. The number of rotatable bonds is 5. The minimum atomic E-state index is 0.198. The first-order valence-corrected chi connectivity index (χ1v) is 6.53. The van der Waals surface area contributed by atoms with Gasteiger partial charge in [-0.3, -0.25) is 0 Å². The molecule has 0 aliphatic rings. The Morgan fingerprint density at radius 2 is 1.50 bits per heavy atom. The van der Waals surface area contributed by atoms with Crippen molar-refractivity contribution in [3.63, 3.8) is 0 Å². The summed E-state index contributed by atoms with van der Waals surface area (Å²) in [5.74, 6) is 1.48. The number of phenols is 1. The van der Waals surface area contributed by atoms with Gasteiger partial charge in [0.25, 0.3) is 0 Å². The van der Waals surface area contributed by atoms with Crippen molar-refractivity contribution in [3.05, 3.63) is 54.6 Å². The molecule has 0 bridgehead atoms. The molecule has 0 aromatic heterocycles. The number of phenolic OH excluding ortho intramolecular Hbond substituents is 1. The molecule has 108 valence electrons. The van der Waals surface area contributed by atoms with Gasteiger partial charge in [-0.25, -0.2) is 0 Å². The molecule has 0 aliphatic carbocycles.